The monoisotopic (exact) mass is 141 g/mol. The van der Waals surface area contributed by atoms with Gasteiger partial charge in [-0.3, -0.25) is 4.79 Å². The van der Waals surface area contributed by atoms with Gasteiger partial charge in [0.25, 0.3) is 0 Å². The molecular weight excluding hydrogens is 126 g/mol. The largest absolute Gasteiger partial charge is 0.353 e. The van der Waals surface area contributed by atoms with Gasteiger partial charge in [-0.1, -0.05) is 13.8 Å². The Morgan fingerprint density at radius 1 is 1.50 bits per heavy atom. The minimum Gasteiger partial charge on any atom is -0.353 e. The molecule has 0 aromatic carbocycles. The van der Waals surface area contributed by atoms with Crippen LogP contribution in [-0.4, -0.2) is 11.9 Å². The lowest BCUT2D eigenvalue weighted by Gasteiger charge is -2.03. The summed E-state index contributed by atoms with van der Waals surface area (Å²) in [5, 5.41) is 2.97. The second-order valence-electron chi connectivity index (χ2n) is 2.95. The fourth-order valence-corrected chi connectivity index (χ4v) is 1.45. The van der Waals surface area contributed by atoms with E-state index in [0.717, 1.165) is 19.3 Å². The second kappa shape index (κ2) is 3.04. The lowest BCUT2D eigenvalue weighted by Crippen LogP contribution is -2.25. The van der Waals surface area contributed by atoms with Gasteiger partial charge in [0.05, 0.1) is 0 Å². The van der Waals surface area contributed by atoms with E-state index in [9.17, 15) is 4.79 Å². The molecule has 2 nitrogen and oxygen atoms in total. The molecule has 0 bridgehead atoms. The Morgan fingerprint density at radius 2 is 2.20 bits per heavy atom. The molecule has 1 heterocycles. The predicted molar refractivity (Wildman–Crippen MR) is 40.6 cm³/mol. The molecule has 1 amide bonds. The Labute approximate surface area is 62.0 Å². The molecule has 2 atom stereocenters. The maximum atomic E-state index is 11.1. The van der Waals surface area contributed by atoms with Crippen LogP contribution in [0.4, 0.5) is 0 Å². The van der Waals surface area contributed by atoms with Crippen molar-refractivity contribution in [2.24, 2.45) is 5.92 Å². The summed E-state index contributed by atoms with van der Waals surface area (Å²) in [6.45, 7) is 4.19. The van der Waals surface area contributed by atoms with Gasteiger partial charge >= 0.3 is 0 Å². The van der Waals surface area contributed by atoms with Crippen molar-refractivity contribution in [3.63, 3.8) is 0 Å². The third-order valence-corrected chi connectivity index (χ3v) is 2.27. The zero-order valence-corrected chi connectivity index (χ0v) is 6.68. The van der Waals surface area contributed by atoms with E-state index >= 15 is 0 Å². The van der Waals surface area contributed by atoms with Gasteiger partial charge in [0.15, 0.2) is 0 Å². The molecule has 1 aliphatic heterocycles. The number of carbonyl (C=O) groups is 1. The number of hydrogen-bond acceptors (Lipinski definition) is 1. The summed E-state index contributed by atoms with van der Waals surface area (Å²) in [6, 6.07) is 0.456. The predicted octanol–water partition coefficient (Wildman–Crippen LogP) is 1.31. The highest BCUT2D eigenvalue weighted by Crippen LogP contribution is 2.19. The van der Waals surface area contributed by atoms with Gasteiger partial charge in [0.1, 0.15) is 0 Å². The van der Waals surface area contributed by atoms with E-state index in [1.165, 1.54) is 0 Å². The molecule has 1 fully saturated rings. The number of carbonyl (C=O) groups excluding carboxylic acids is 1. The van der Waals surface area contributed by atoms with Gasteiger partial charge in [-0.2, -0.15) is 0 Å². The van der Waals surface area contributed by atoms with E-state index in [-0.39, 0.29) is 5.91 Å². The van der Waals surface area contributed by atoms with Gasteiger partial charge in [-0.25, -0.2) is 0 Å². The summed E-state index contributed by atoms with van der Waals surface area (Å²) in [4.78, 5) is 11.1. The van der Waals surface area contributed by atoms with Crippen molar-refractivity contribution in [2.45, 2.75) is 39.2 Å². The highest BCUT2D eigenvalue weighted by Gasteiger charge is 2.28. The van der Waals surface area contributed by atoms with Crippen molar-refractivity contribution in [1.29, 1.82) is 0 Å². The molecule has 0 aromatic heterocycles. The zero-order chi connectivity index (χ0) is 7.56. The summed E-state index contributed by atoms with van der Waals surface area (Å²) in [5.74, 6) is 0.555. The molecule has 58 valence electrons. The van der Waals surface area contributed by atoms with Crippen molar-refractivity contribution in [1.82, 2.24) is 5.32 Å². The highest BCUT2D eigenvalue weighted by molar-refractivity contribution is 5.81. The van der Waals surface area contributed by atoms with Crippen LogP contribution in [0.5, 0.6) is 0 Å². The maximum Gasteiger partial charge on any atom is 0.223 e. The fourth-order valence-electron chi connectivity index (χ4n) is 1.45. The molecule has 2 unspecified atom stereocenters. The molecule has 1 saturated heterocycles. The molecule has 0 aromatic rings. The molecule has 0 aliphatic carbocycles. The number of rotatable bonds is 2. The van der Waals surface area contributed by atoms with Crippen LogP contribution < -0.4 is 5.32 Å². The first kappa shape index (κ1) is 7.58. The quantitative estimate of drug-likeness (QED) is 0.617. The Bertz CT molecular complexity index is 133. The molecule has 1 aliphatic rings. The molecule has 1 rings (SSSR count). The zero-order valence-electron chi connectivity index (χ0n) is 6.68. The summed E-state index contributed by atoms with van der Waals surface area (Å²) >= 11 is 0. The third-order valence-electron chi connectivity index (χ3n) is 2.27. The Hall–Kier alpha value is -0.530. The normalized spacial score (nSPS) is 32.4. The first-order valence-corrected chi connectivity index (χ1v) is 4.08. The standard InChI is InChI=1S/C8H15NO/c1-3-6-5-7(4-2)9-8(6)10/h6-7H,3-5H2,1-2H3,(H,9,10). The van der Waals surface area contributed by atoms with Crippen LogP contribution in [0.1, 0.15) is 33.1 Å². The molecule has 0 saturated carbocycles. The Balaban J connectivity index is 2.44. The number of hydrogen-bond donors (Lipinski definition) is 1. The van der Waals surface area contributed by atoms with E-state index in [4.69, 9.17) is 0 Å². The average Bonchev–Trinajstić information content (AvgIpc) is 2.30. The summed E-state index contributed by atoms with van der Waals surface area (Å²) in [7, 11) is 0. The molecule has 2 heteroatoms. The van der Waals surface area contributed by atoms with Crippen molar-refractivity contribution in [3.8, 4) is 0 Å². The number of nitrogens with one attached hydrogen (secondary N) is 1. The summed E-state index contributed by atoms with van der Waals surface area (Å²) in [6.07, 6.45) is 3.11. The minimum atomic E-state index is 0.259. The second-order valence-corrected chi connectivity index (χ2v) is 2.95. The molecule has 1 N–H and O–H groups in total. The Morgan fingerprint density at radius 3 is 2.50 bits per heavy atom. The molecule has 10 heavy (non-hydrogen) atoms. The lowest BCUT2D eigenvalue weighted by molar-refractivity contribution is -0.122. The SMILES string of the molecule is CCC1CC(CC)C(=O)N1. The smallest absolute Gasteiger partial charge is 0.223 e. The first-order chi connectivity index (χ1) is 4.77. The van der Waals surface area contributed by atoms with E-state index in [1.54, 1.807) is 0 Å². The number of amides is 1. The van der Waals surface area contributed by atoms with E-state index in [2.05, 4.69) is 19.2 Å². The molecule has 0 spiro atoms. The molecular formula is C8H15NO. The maximum absolute atomic E-state index is 11.1. The first-order valence-electron chi connectivity index (χ1n) is 4.08. The van der Waals surface area contributed by atoms with Gasteiger partial charge < -0.3 is 5.32 Å². The molecule has 0 radical (unpaired) electrons. The van der Waals surface area contributed by atoms with E-state index in [0.29, 0.717) is 12.0 Å². The van der Waals surface area contributed by atoms with Crippen LogP contribution in [0.25, 0.3) is 0 Å². The van der Waals surface area contributed by atoms with Crippen LogP contribution in [0.2, 0.25) is 0 Å². The van der Waals surface area contributed by atoms with Crippen molar-refractivity contribution < 1.29 is 4.79 Å². The van der Waals surface area contributed by atoms with Gasteiger partial charge in [-0.15, -0.1) is 0 Å². The van der Waals surface area contributed by atoms with E-state index in [1.807, 2.05) is 0 Å². The highest BCUT2D eigenvalue weighted by atomic mass is 16.2. The topological polar surface area (TPSA) is 29.1 Å². The van der Waals surface area contributed by atoms with Gasteiger partial charge in [0, 0.05) is 12.0 Å². The van der Waals surface area contributed by atoms with Crippen molar-refractivity contribution in [3.05, 3.63) is 0 Å². The van der Waals surface area contributed by atoms with Crippen LogP contribution in [0.3, 0.4) is 0 Å². The lowest BCUT2D eigenvalue weighted by atomic mass is 10.0. The minimum absolute atomic E-state index is 0.259. The van der Waals surface area contributed by atoms with Crippen LogP contribution in [0.15, 0.2) is 0 Å². The summed E-state index contributed by atoms with van der Waals surface area (Å²) < 4.78 is 0. The Kier molecular flexibility index (Phi) is 2.30. The fraction of sp³-hybridized carbons (Fsp3) is 0.875. The van der Waals surface area contributed by atoms with Crippen LogP contribution in [-0.2, 0) is 4.79 Å². The van der Waals surface area contributed by atoms with Crippen molar-refractivity contribution >= 4 is 5.91 Å². The van der Waals surface area contributed by atoms with Gasteiger partial charge in [0.2, 0.25) is 5.91 Å². The van der Waals surface area contributed by atoms with Gasteiger partial charge in [-0.05, 0) is 19.3 Å². The average molecular weight is 141 g/mol. The van der Waals surface area contributed by atoms with E-state index < -0.39 is 0 Å². The van der Waals surface area contributed by atoms with Crippen LogP contribution in [0, 0.1) is 5.92 Å². The third kappa shape index (κ3) is 1.31. The summed E-state index contributed by atoms with van der Waals surface area (Å²) in [5.41, 5.74) is 0. The van der Waals surface area contributed by atoms with Crippen LogP contribution >= 0.6 is 0 Å². The van der Waals surface area contributed by atoms with Crippen molar-refractivity contribution in [2.75, 3.05) is 0 Å².